The molecule has 0 bridgehead atoms. The first-order valence-corrected chi connectivity index (χ1v) is 8.53. The molecular formula is C20H17FN4O3. The summed E-state index contributed by atoms with van der Waals surface area (Å²) >= 11 is 0. The molecule has 0 aliphatic heterocycles. The zero-order chi connectivity index (χ0) is 19.9. The Morgan fingerprint density at radius 1 is 1.25 bits per heavy atom. The van der Waals surface area contributed by atoms with E-state index < -0.39 is 6.04 Å². The Bertz CT molecular complexity index is 978. The third-order valence-corrected chi connectivity index (χ3v) is 3.87. The van der Waals surface area contributed by atoms with Crippen LogP contribution in [0.4, 0.5) is 4.39 Å². The lowest BCUT2D eigenvalue weighted by Crippen LogP contribution is -2.31. The summed E-state index contributed by atoms with van der Waals surface area (Å²) in [5.41, 5.74) is 1.49. The summed E-state index contributed by atoms with van der Waals surface area (Å²) in [5, 5.41) is 15.2. The van der Waals surface area contributed by atoms with E-state index in [0.29, 0.717) is 23.6 Å². The number of carbonyl (C=O) groups is 1. The summed E-state index contributed by atoms with van der Waals surface area (Å²) in [4.78, 5) is 16.3. The van der Waals surface area contributed by atoms with Gasteiger partial charge in [0.15, 0.2) is 6.61 Å². The third-order valence-electron chi connectivity index (χ3n) is 3.87. The number of hydrogen-bond donors (Lipinski definition) is 1. The highest BCUT2D eigenvalue weighted by atomic mass is 19.1. The molecule has 3 rings (SSSR count). The molecule has 1 N–H and O–H groups in total. The van der Waals surface area contributed by atoms with Crippen molar-refractivity contribution in [1.82, 2.24) is 15.5 Å². The quantitative estimate of drug-likeness (QED) is 0.675. The maximum atomic E-state index is 13.0. The van der Waals surface area contributed by atoms with Gasteiger partial charge in [-0.3, -0.25) is 4.79 Å². The van der Waals surface area contributed by atoms with E-state index in [1.807, 2.05) is 0 Å². The average Bonchev–Trinajstić information content (AvgIpc) is 3.19. The summed E-state index contributed by atoms with van der Waals surface area (Å²) in [6.07, 6.45) is 0.322. The minimum atomic E-state index is -0.518. The number of nitriles is 1. The molecule has 1 amide bonds. The van der Waals surface area contributed by atoms with E-state index in [4.69, 9.17) is 14.5 Å². The first kappa shape index (κ1) is 19.0. The van der Waals surface area contributed by atoms with Gasteiger partial charge in [-0.1, -0.05) is 17.3 Å². The number of nitrogens with zero attached hydrogens (tertiary/aromatic N) is 3. The van der Waals surface area contributed by atoms with Gasteiger partial charge < -0.3 is 14.6 Å². The maximum Gasteiger partial charge on any atom is 0.258 e. The molecule has 28 heavy (non-hydrogen) atoms. The summed E-state index contributed by atoms with van der Waals surface area (Å²) in [7, 11) is 0. The van der Waals surface area contributed by atoms with Gasteiger partial charge >= 0.3 is 0 Å². The van der Waals surface area contributed by atoms with E-state index in [-0.39, 0.29) is 24.2 Å². The van der Waals surface area contributed by atoms with Crippen molar-refractivity contribution in [2.24, 2.45) is 0 Å². The van der Waals surface area contributed by atoms with Crippen molar-refractivity contribution in [3.8, 4) is 23.2 Å². The predicted molar refractivity (Wildman–Crippen MR) is 97.5 cm³/mol. The van der Waals surface area contributed by atoms with Crippen LogP contribution in [-0.2, 0) is 11.2 Å². The Labute approximate surface area is 160 Å². The van der Waals surface area contributed by atoms with Crippen LogP contribution in [0.1, 0.15) is 24.4 Å². The molecule has 1 unspecified atom stereocenters. The first-order chi connectivity index (χ1) is 13.5. The number of ether oxygens (including phenoxy) is 1. The second-order valence-electron chi connectivity index (χ2n) is 6.02. The monoisotopic (exact) mass is 380 g/mol. The molecule has 1 aromatic heterocycles. The molecule has 7 nitrogen and oxygen atoms in total. The lowest BCUT2D eigenvalue weighted by atomic mass is 10.2. The molecule has 0 radical (unpaired) electrons. The van der Waals surface area contributed by atoms with Crippen molar-refractivity contribution in [1.29, 1.82) is 5.26 Å². The van der Waals surface area contributed by atoms with Crippen LogP contribution in [0.2, 0.25) is 0 Å². The van der Waals surface area contributed by atoms with Crippen molar-refractivity contribution >= 4 is 5.91 Å². The molecule has 0 fully saturated rings. The van der Waals surface area contributed by atoms with Gasteiger partial charge in [0.05, 0.1) is 12.5 Å². The van der Waals surface area contributed by atoms with Crippen LogP contribution in [0.3, 0.4) is 0 Å². The van der Waals surface area contributed by atoms with Gasteiger partial charge in [-0.2, -0.15) is 10.2 Å². The molecule has 0 aliphatic carbocycles. The Morgan fingerprint density at radius 3 is 2.64 bits per heavy atom. The zero-order valence-corrected chi connectivity index (χ0v) is 15.1. The minimum absolute atomic E-state index is 0.180. The van der Waals surface area contributed by atoms with Crippen molar-refractivity contribution in [2.75, 3.05) is 6.61 Å². The van der Waals surface area contributed by atoms with Crippen molar-refractivity contribution in [3.63, 3.8) is 0 Å². The Morgan fingerprint density at radius 2 is 1.96 bits per heavy atom. The molecule has 0 aliphatic rings. The molecule has 8 heteroatoms. The van der Waals surface area contributed by atoms with Gasteiger partial charge in [0, 0.05) is 5.56 Å². The Hall–Kier alpha value is -3.73. The fraction of sp³-hybridized carbons (Fsp3) is 0.200. The van der Waals surface area contributed by atoms with Crippen molar-refractivity contribution in [3.05, 3.63) is 65.8 Å². The van der Waals surface area contributed by atoms with Crippen molar-refractivity contribution in [2.45, 2.75) is 19.4 Å². The second kappa shape index (κ2) is 8.77. The molecule has 142 valence electrons. The molecule has 3 aromatic rings. The summed E-state index contributed by atoms with van der Waals surface area (Å²) in [6, 6.07) is 14.2. The molecule has 0 spiro atoms. The van der Waals surface area contributed by atoms with Crippen LogP contribution in [0.25, 0.3) is 11.4 Å². The van der Waals surface area contributed by atoms with Gasteiger partial charge in [-0.15, -0.1) is 0 Å². The molecule has 0 saturated carbocycles. The average molecular weight is 380 g/mol. The molecule has 1 heterocycles. The number of halogens is 1. The van der Waals surface area contributed by atoms with E-state index in [9.17, 15) is 9.18 Å². The predicted octanol–water partition coefficient (Wildman–Crippen LogP) is 3.20. The van der Waals surface area contributed by atoms with E-state index in [1.165, 1.54) is 12.1 Å². The minimum Gasteiger partial charge on any atom is -0.484 e. The van der Waals surface area contributed by atoms with Gasteiger partial charge in [0.25, 0.3) is 5.91 Å². The van der Waals surface area contributed by atoms with Crippen LogP contribution in [-0.4, -0.2) is 22.7 Å². The van der Waals surface area contributed by atoms with E-state index in [2.05, 4.69) is 21.5 Å². The lowest BCUT2D eigenvalue weighted by molar-refractivity contribution is -0.123. The number of hydrogen-bond acceptors (Lipinski definition) is 6. The third kappa shape index (κ3) is 4.92. The van der Waals surface area contributed by atoms with Crippen LogP contribution in [0.5, 0.6) is 5.75 Å². The number of aromatic nitrogens is 2. The lowest BCUT2D eigenvalue weighted by Gasteiger charge is -2.11. The standard InChI is InChI=1S/C20H17FN4O3/c1-13(20-24-19(25-28-20)15-4-6-16(21)7-5-15)23-18(26)12-27-17-8-2-14(3-9-17)10-11-22/h2-9,13H,10,12H2,1H3,(H,23,26). The zero-order valence-electron chi connectivity index (χ0n) is 15.1. The summed E-state index contributed by atoms with van der Waals surface area (Å²) in [6.45, 7) is 1.53. The summed E-state index contributed by atoms with van der Waals surface area (Å²) < 4.78 is 23.6. The van der Waals surface area contributed by atoms with E-state index in [0.717, 1.165) is 5.56 Å². The molecular weight excluding hydrogens is 363 g/mol. The fourth-order valence-corrected chi connectivity index (χ4v) is 2.42. The van der Waals surface area contributed by atoms with Gasteiger partial charge in [0.1, 0.15) is 17.6 Å². The molecule has 1 atom stereocenters. The highest BCUT2D eigenvalue weighted by Gasteiger charge is 2.17. The van der Waals surface area contributed by atoms with Crippen LogP contribution >= 0.6 is 0 Å². The highest BCUT2D eigenvalue weighted by Crippen LogP contribution is 2.19. The largest absolute Gasteiger partial charge is 0.484 e. The van der Waals surface area contributed by atoms with Gasteiger partial charge in [-0.25, -0.2) is 4.39 Å². The highest BCUT2D eigenvalue weighted by molar-refractivity contribution is 5.77. The second-order valence-corrected chi connectivity index (χ2v) is 6.02. The van der Waals surface area contributed by atoms with Crippen molar-refractivity contribution < 1.29 is 18.4 Å². The van der Waals surface area contributed by atoms with E-state index in [1.54, 1.807) is 43.3 Å². The normalized spacial score (nSPS) is 11.5. The van der Waals surface area contributed by atoms with Crippen LogP contribution < -0.4 is 10.1 Å². The van der Waals surface area contributed by atoms with Gasteiger partial charge in [-0.05, 0) is 48.9 Å². The number of amides is 1. The van der Waals surface area contributed by atoms with Crippen LogP contribution in [0, 0.1) is 17.1 Å². The number of nitrogens with one attached hydrogen (secondary N) is 1. The first-order valence-electron chi connectivity index (χ1n) is 8.53. The van der Waals surface area contributed by atoms with E-state index >= 15 is 0 Å². The smallest absolute Gasteiger partial charge is 0.258 e. The fourth-order valence-electron chi connectivity index (χ4n) is 2.42. The molecule has 2 aromatic carbocycles. The van der Waals surface area contributed by atoms with Gasteiger partial charge in [0.2, 0.25) is 11.7 Å². The number of carbonyl (C=O) groups excluding carboxylic acids is 1. The Balaban J connectivity index is 1.53. The number of benzene rings is 2. The SMILES string of the molecule is CC(NC(=O)COc1ccc(CC#N)cc1)c1nc(-c2ccc(F)cc2)no1. The number of rotatable bonds is 7. The topological polar surface area (TPSA) is 101 Å². The summed E-state index contributed by atoms with van der Waals surface area (Å²) in [5.74, 6) is 0.363. The van der Waals surface area contributed by atoms with Crippen LogP contribution in [0.15, 0.2) is 53.1 Å². The molecule has 0 saturated heterocycles. The maximum absolute atomic E-state index is 13.0. The Kier molecular flexibility index (Phi) is 5.97.